The van der Waals surface area contributed by atoms with E-state index in [1.807, 2.05) is 6.07 Å². The van der Waals surface area contributed by atoms with Crippen LogP contribution in [-0.2, 0) is 0 Å². The quantitative estimate of drug-likeness (QED) is 0.772. The molecule has 0 aliphatic carbocycles. The zero-order valence-electron chi connectivity index (χ0n) is 10.6. The second-order valence-electron chi connectivity index (χ2n) is 4.18. The zero-order valence-corrected chi connectivity index (χ0v) is 12.2. The van der Waals surface area contributed by atoms with Crippen molar-refractivity contribution < 1.29 is 18.3 Å². The van der Waals surface area contributed by atoms with E-state index < -0.39 is 23.5 Å². The van der Waals surface area contributed by atoms with Crippen LogP contribution >= 0.6 is 15.9 Å². The van der Waals surface area contributed by atoms with Gasteiger partial charge in [0.1, 0.15) is 17.4 Å². The van der Waals surface area contributed by atoms with Gasteiger partial charge >= 0.3 is 0 Å². The SMILES string of the molecule is CC(Oc1ccccc1Br)C(=O)c1ccc(F)cc1F. The number of rotatable bonds is 4. The maximum atomic E-state index is 13.6. The number of hydrogen-bond donors (Lipinski definition) is 0. The van der Waals surface area contributed by atoms with E-state index in [9.17, 15) is 13.6 Å². The van der Waals surface area contributed by atoms with E-state index >= 15 is 0 Å². The predicted molar refractivity (Wildman–Crippen MR) is 74.9 cm³/mol. The number of ether oxygens (including phenoxy) is 1. The topological polar surface area (TPSA) is 26.3 Å². The smallest absolute Gasteiger partial charge is 0.205 e. The minimum Gasteiger partial charge on any atom is -0.481 e. The van der Waals surface area contributed by atoms with Gasteiger partial charge in [-0.3, -0.25) is 4.79 Å². The maximum Gasteiger partial charge on any atom is 0.205 e. The minimum absolute atomic E-state index is 0.189. The van der Waals surface area contributed by atoms with Crippen molar-refractivity contribution in [3.63, 3.8) is 0 Å². The van der Waals surface area contributed by atoms with Gasteiger partial charge in [-0.2, -0.15) is 0 Å². The fourth-order valence-electron chi connectivity index (χ4n) is 1.69. The van der Waals surface area contributed by atoms with Gasteiger partial charge < -0.3 is 4.74 Å². The second-order valence-corrected chi connectivity index (χ2v) is 5.03. The fraction of sp³-hybridized carbons (Fsp3) is 0.133. The highest BCUT2D eigenvalue weighted by Crippen LogP contribution is 2.25. The Morgan fingerprint density at radius 2 is 1.90 bits per heavy atom. The second kappa shape index (κ2) is 6.13. The molecule has 0 saturated carbocycles. The van der Waals surface area contributed by atoms with Crippen molar-refractivity contribution in [2.45, 2.75) is 13.0 Å². The molecule has 0 aliphatic heterocycles. The third-order valence-electron chi connectivity index (χ3n) is 2.71. The molecule has 0 saturated heterocycles. The number of carbonyl (C=O) groups is 1. The molecule has 0 radical (unpaired) electrons. The largest absolute Gasteiger partial charge is 0.481 e. The minimum atomic E-state index is -0.891. The molecule has 5 heteroatoms. The molecule has 1 unspecified atom stereocenters. The van der Waals surface area contributed by atoms with Crippen LogP contribution in [-0.4, -0.2) is 11.9 Å². The summed E-state index contributed by atoms with van der Waals surface area (Å²) >= 11 is 3.29. The summed E-state index contributed by atoms with van der Waals surface area (Å²) in [7, 11) is 0. The van der Waals surface area contributed by atoms with E-state index in [1.54, 1.807) is 18.2 Å². The number of ketones is 1. The predicted octanol–water partition coefficient (Wildman–Crippen LogP) is 4.38. The van der Waals surface area contributed by atoms with Gasteiger partial charge in [0.2, 0.25) is 5.78 Å². The third kappa shape index (κ3) is 3.22. The highest BCUT2D eigenvalue weighted by atomic mass is 79.9. The van der Waals surface area contributed by atoms with Crippen LogP contribution < -0.4 is 4.74 Å². The Morgan fingerprint density at radius 1 is 1.20 bits per heavy atom. The molecular weight excluding hydrogens is 330 g/mol. The third-order valence-corrected chi connectivity index (χ3v) is 3.36. The Balaban J connectivity index is 2.19. The van der Waals surface area contributed by atoms with Crippen molar-refractivity contribution >= 4 is 21.7 Å². The summed E-state index contributed by atoms with van der Waals surface area (Å²) in [6, 6.07) is 9.87. The lowest BCUT2D eigenvalue weighted by molar-refractivity contribution is 0.0812. The van der Waals surface area contributed by atoms with Gasteiger partial charge in [-0.15, -0.1) is 0 Å². The van der Waals surface area contributed by atoms with Crippen molar-refractivity contribution in [3.05, 3.63) is 64.1 Å². The molecule has 2 aromatic rings. The molecule has 2 aromatic carbocycles. The fourth-order valence-corrected chi connectivity index (χ4v) is 2.07. The molecule has 0 amide bonds. The summed E-state index contributed by atoms with van der Waals surface area (Å²) in [6.45, 7) is 1.52. The molecule has 1 atom stereocenters. The molecule has 0 aliphatic rings. The Kier molecular flexibility index (Phi) is 4.49. The summed E-state index contributed by atoms with van der Waals surface area (Å²) in [5.74, 6) is -1.68. The summed E-state index contributed by atoms with van der Waals surface area (Å²) < 4.78 is 32.6. The normalized spacial score (nSPS) is 12.0. The molecule has 2 nitrogen and oxygen atoms in total. The van der Waals surface area contributed by atoms with Crippen molar-refractivity contribution in [3.8, 4) is 5.75 Å². The molecular formula is C15H11BrF2O2. The van der Waals surface area contributed by atoms with Crippen LogP contribution in [0.5, 0.6) is 5.75 Å². The number of hydrogen-bond acceptors (Lipinski definition) is 2. The van der Waals surface area contributed by atoms with Crippen LogP contribution in [0.15, 0.2) is 46.9 Å². The van der Waals surface area contributed by atoms with Gasteiger partial charge in [-0.1, -0.05) is 12.1 Å². The average Bonchev–Trinajstić information content (AvgIpc) is 2.40. The molecule has 0 bridgehead atoms. The van der Waals surface area contributed by atoms with E-state index in [0.29, 0.717) is 16.3 Å². The maximum absolute atomic E-state index is 13.6. The molecule has 0 aromatic heterocycles. The lowest BCUT2D eigenvalue weighted by Gasteiger charge is -2.15. The van der Waals surface area contributed by atoms with Crippen LogP contribution in [0, 0.1) is 11.6 Å². The molecule has 0 N–H and O–H groups in total. The number of halogens is 3. The van der Waals surface area contributed by atoms with Crippen molar-refractivity contribution in [2.24, 2.45) is 0 Å². The van der Waals surface area contributed by atoms with Crippen molar-refractivity contribution in [2.75, 3.05) is 0 Å². The lowest BCUT2D eigenvalue weighted by atomic mass is 10.1. The first-order valence-electron chi connectivity index (χ1n) is 5.89. The summed E-state index contributed by atoms with van der Waals surface area (Å²) in [5, 5.41) is 0. The van der Waals surface area contributed by atoms with Gasteiger partial charge in [0.25, 0.3) is 0 Å². The summed E-state index contributed by atoms with van der Waals surface area (Å²) in [5.41, 5.74) is -0.189. The molecule has 0 heterocycles. The number of para-hydroxylation sites is 1. The highest BCUT2D eigenvalue weighted by Gasteiger charge is 2.21. The van der Waals surface area contributed by atoms with Crippen molar-refractivity contribution in [1.82, 2.24) is 0 Å². The van der Waals surface area contributed by atoms with Gasteiger partial charge in [0.15, 0.2) is 6.10 Å². The monoisotopic (exact) mass is 340 g/mol. The summed E-state index contributed by atoms with van der Waals surface area (Å²) in [6.07, 6.45) is -0.881. The van der Waals surface area contributed by atoms with Gasteiger partial charge in [-0.05, 0) is 47.1 Å². The molecule has 2 rings (SSSR count). The zero-order chi connectivity index (χ0) is 14.7. The van der Waals surface area contributed by atoms with Crippen LogP contribution in [0.25, 0.3) is 0 Å². The molecule has 0 spiro atoms. The van der Waals surface area contributed by atoms with Crippen molar-refractivity contribution in [1.29, 1.82) is 0 Å². The highest BCUT2D eigenvalue weighted by molar-refractivity contribution is 9.10. The summed E-state index contributed by atoms with van der Waals surface area (Å²) in [4.78, 5) is 12.1. The van der Waals surface area contributed by atoms with Gasteiger partial charge in [0.05, 0.1) is 10.0 Å². The molecule has 0 fully saturated rings. The van der Waals surface area contributed by atoms with E-state index in [4.69, 9.17) is 4.74 Å². The Labute approximate surface area is 123 Å². The molecule has 20 heavy (non-hydrogen) atoms. The first-order valence-corrected chi connectivity index (χ1v) is 6.69. The van der Waals surface area contributed by atoms with Crippen LogP contribution in [0.3, 0.4) is 0 Å². The van der Waals surface area contributed by atoms with Crippen LogP contribution in [0.1, 0.15) is 17.3 Å². The first kappa shape index (κ1) is 14.7. The number of Topliss-reactive ketones (excluding diaryl/α,β-unsaturated/α-hetero) is 1. The van der Waals surface area contributed by atoms with Gasteiger partial charge in [-0.25, -0.2) is 8.78 Å². The average molecular weight is 341 g/mol. The standard InChI is InChI=1S/C15H11BrF2O2/c1-9(20-14-5-3-2-4-12(14)16)15(19)11-7-6-10(17)8-13(11)18/h2-9H,1H3. The molecule has 104 valence electrons. The Morgan fingerprint density at radius 3 is 2.55 bits per heavy atom. The number of carbonyl (C=O) groups excluding carboxylic acids is 1. The Hall–Kier alpha value is -1.75. The van der Waals surface area contributed by atoms with E-state index in [2.05, 4.69) is 15.9 Å². The van der Waals surface area contributed by atoms with Crippen LogP contribution in [0.2, 0.25) is 0 Å². The van der Waals surface area contributed by atoms with E-state index in [1.165, 1.54) is 6.92 Å². The van der Waals surface area contributed by atoms with E-state index in [0.717, 1.165) is 12.1 Å². The van der Waals surface area contributed by atoms with Crippen LogP contribution in [0.4, 0.5) is 8.78 Å². The Bertz CT molecular complexity index is 644. The van der Waals surface area contributed by atoms with Gasteiger partial charge in [0, 0.05) is 6.07 Å². The van der Waals surface area contributed by atoms with E-state index in [-0.39, 0.29) is 5.56 Å². The number of benzene rings is 2. The first-order chi connectivity index (χ1) is 9.49. The lowest BCUT2D eigenvalue weighted by Crippen LogP contribution is -2.25.